The van der Waals surface area contributed by atoms with E-state index in [0.29, 0.717) is 27.6 Å². The van der Waals surface area contributed by atoms with Crippen LogP contribution in [0.25, 0.3) is 11.0 Å². The number of halogens is 1. The third-order valence-corrected chi connectivity index (χ3v) is 8.12. The molecular weight excluding hydrogens is 448 g/mol. The van der Waals surface area contributed by atoms with Gasteiger partial charge in [-0.05, 0) is 55.5 Å². The third-order valence-electron chi connectivity index (χ3n) is 5.78. The van der Waals surface area contributed by atoms with Gasteiger partial charge in [-0.1, -0.05) is 38.3 Å². The Hall–Kier alpha value is -2.45. The molecule has 2 heterocycles. The largest absolute Gasteiger partial charge is 0.324 e. The molecule has 0 bridgehead atoms. The van der Waals surface area contributed by atoms with Crippen LogP contribution in [0.4, 0.5) is 11.6 Å². The number of benzene rings is 1. The first-order chi connectivity index (χ1) is 15.2. The molecule has 4 rings (SSSR count). The van der Waals surface area contributed by atoms with Crippen molar-refractivity contribution < 1.29 is 8.42 Å². The van der Waals surface area contributed by atoms with Crippen LogP contribution in [0.3, 0.4) is 0 Å². The lowest BCUT2D eigenvalue weighted by molar-refractivity contribution is 0.516. The maximum absolute atomic E-state index is 12.8. The van der Waals surface area contributed by atoms with Gasteiger partial charge < -0.3 is 5.32 Å². The van der Waals surface area contributed by atoms with Gasteiger partial charge in [0.2, 0.25) is 5.95 Å². The van der Waals surface area contributed by atoms with E-state index in [2.05, 4.69) is 15.3 Å². The molecule has 1 aliphatic carbocycles. The summed E-state index contributed by atoms with van der Waals surface area (Å²) < 4.78 is 26.8. The van der Waals surface area contributed by atoms with Gasteiger partial charge >= 0.3 is 0 Å². The number of fused-ring (bicyclic) bond motifs is 1. The Labute approximate surface area is 192 Å². The summed E-state index contributed by atoms with van der Waals surface area (Å²) in [6.45, 7) is 5.61. The van der Waals surface area contributed by atoms with Crippen molar-refractivity contribution in [2.45, 2.75) is 57.4 Å². The van der Waals surface area contributed by atoms with Gasteiger partial charge in [0.25, 0.3) is 5.56 Å². The number of nitrogens with one attached hydrogen (secondary N) is 1. The van der Waals surface area contributed by atoms with Crippen molar-refractivity contribution in [3.8, 4) is 0 Å². The summed E-state index contributed by atoms with van der Waals surface area (Å²) in [6.07, 6.45) is 5.65. The Morgan fingerprint density at radius 2 is 1.94 bits per heavy atom. The highest BCUT2D eigenvalue weighted by Gasteiger charge is 2.22. The van der Waals surface area contributed by atoms with Crippen molar-refractivity contribution in [2.75, 3.05) is 11.1 Å². The first-order valence-corrected chi connectivity index (χ1v) is 12.9. The van der Waals surface area contributed by atoms with E-state index in [4.69, 9.17) is 11.6 Å². The predicted octanol–water partition coefficient (Wildman–Crippen LogP) is 5.04. The Kier molecular flexibility index (Phi) is 6.27. The Morgan fingerprint density at radius 1 is 1.22 bits per heavy atom. The van der Waals surface area contributed by atoms with Crippen molar-refractivity contribution in [3.05, 3.63) is 51.4 Å². The maximum atomic E-state index is 12.8. The fraction of sp³-hybridized carbons (Fsp3) is 0.435. The minimum absolute atomic E-state index is 0.0510. The fourth-order valence-corrected chi connectivity index (χ4v) is 6.18. The number of sulfone groups is 1. The number of aromatic nitrogens is 3. The van der Waals surface area contributed by atoms with Crippen LogP contribution in [-0.2, 0) is 9.84 Å². The summed E-state index contributed by atoms with van der Waals surface area (Å²) in [5, 5.41) is 4.05. The van der Waals surface area contributed by atoms with E-state index >= 15 is 0 Å². The van der Waals surface area contributed by atoms with Crippen molar-refractivity contribution >= 4 is 44.1 Å². The lowest BCUT2D eigenvalue weighted by atomic mass is 10.2. The molecule has 0 unspecified atom stereocenters. The maximum Gasteiger partial charge on any atom is 0.271 e. The normalized spacial score (nSPS) is 15.0. The molecule has 7 nitrogen and oxygen atoms in total. The molecule has 3 aromatic rings. The highest BCUT2D eigenvalue weighted by molar-refractivity contribution is 7.91. The van der Waals surface area contributed by atoms with E-state index in [1.54, 1.807) is 35.0 Å². The molecule has 0 atom stereocenters. The standard InChI is InChI=1S/C23H27ClN4O3S/c1-14(2)13-32(30,31)18-8-9-20(15(3)10-18)26-23-25-12-16-11-19(24)22(29)28(21(16)27-23)17-6-4-5-7-17/h8-12,14,17H,4-7,13H2,1-3H3,(H,25,26,27). The Bertz CT molecular complexity index is 1330. The van der Waals surface area contributed by atoms with Crippen LogP contribution >= 0.6 is 11.6 Å². The molecule has 0 radical (unpaired) electrons. The van der Waals surface area contributed by atoms with Crippen LogP contribution in [0, 0.1) is 12.8 Å². The third kappa shape index (κ3) is 4.52. The van der Waals surface area contributed by atoms with Crippen LogP contribution in [0.1, 0.15) is 51.1 Å². The molecule has 0 spiro atoms. The monoisotopic (exact) mass is 474 g/mol. The van der Waals surface area contributed by atoms with Crippen LogP contribution in [0.15, 0.2) is 40.2 Å². The second-order valence-corrected chi connectivity index (χ2v) is 11.3. The first-order valence-electron chi connectivity index (χ1n) is 10.8. The van der Waals surface area contributed by atoms with Crippen molar-refractivity contribution in [1.82, 2.24) is 14.5 Å². The highest BCUT2D eigenvalue weighted by Crippen LogP contribution is 2.31. The molecule has 1 aromatic carbocycles. The smallest absolute Gasteiger partial charge is 0.271 e. The predicted molar refractivity (Wildman–Crippen MR) is 128 cm³/mol. The van der Waals surface area contributed by atoms with Gasteiger partial charge in [-0.2, -0.15) is 4.98 Å². The van der Waals surface area contributed by atoms with Gasteiger partial charge in [0.05, 0.1) is 10.6 Å². The molecule has 1 aliphatic rings. The Balaban J connectivity index is 1.70. The van der Waals surface area contributed by atoms with E-state index < -0.39 is 9.84 Å². The van der Waals surface area contributed by atoms with Crippen LogP contribution < -0.4 is 10.9 Å². The van der Waals surface area contributed by atoms with Gasteiger partial charge in [0, 0.05) is 23.3 Å². The molecule has 1 N–H and O–H groups in total. The average Bonchev–Trinajstić information content (AvgIpc) is 3.24. The lowest BCUT2D eigenvalue weighted by Gasteiger charge is -2.17. The molecule has 32 heavy (non-hydrogen) atoms. The SMILES string of the molecule is Cc1cc(S(=O)(=O)CC(C)C)ccc1Nc1ncc2cc(Cl)c(=O)n(C3CCCC3)c2n1. The molecule has 1 saturated carbocycles. The minimum Gasteiger partial charge on any atom is -0.324 e. The van der Waals surface area contributed by atoms with E-state index in [-0.39, 0.29) is 28.3 Å². The molecule has 0 saturated heterocycles. The van der Waals surface area contributed by atoms with Crippen LogP contribution in [0.5, 0.6) is 0 Å². The summed E-state index contributed by atoms with van der Waals surface area (Å²) >= 11 is 6.19. The van der Waals surface area contributed by atoms with Crippen molar-refractivity contribution in [2.24, 2.45) is 5.92 Å². The summed E-state index contributed by atoms with van der Waals surface area (Å²) in [5.74, 6) is 0.496. The second-order valence-electron chi connectivity index (χ2n) is 8.86. The molecule has 2 aromatic heterocycles. The molecule has 1 fully saturated rings. The van der Waals surface area contributed by atoms with E-state index in [9.17, 15) is 13.2 Å². The molecule has 9 heteroatoms. The first kappa shape index (κ1) is 22.7. The number of aryl methyl sites for hydroxylation is 1. The van der Waals surface area contributed by atoms with E-state index in [1.807, 2.05) is 20.8 Å². The summed E-state index contributed by atoms with van der Waals surface area (Å²) in [4.78, 5) is 22.1. The molecular formula is C23H27ClN4O3S. The summed E-state index contributed by atoms with van der Waals surface area (Å²) in [7, 11) is -3.33. The quantitative estimate of drug-likeness (QED) is 0.537. The summed E-state index contributed by atoms with van der Waals surface area (Å²) in [5.41, 5.74) is 1.79. The zero-order valence-corrected chi connectivity index (χ0v) is 20.0. The minimum atomic E-state index is -3.33. The second kappa shape index (κ2) is 8.83. The average molecular weight is 475 g/mol. The molecule has 0 aliphatic heterocycles. The van der Waals surface area contributed by atoms with Gasteiger partial charge in [0.1, 0.15) is 10.7 Å². The number of anilines is 2. The number of nitrogens with zero attached hydrogens (tertiary/aromatic N) is 3. The Morgan fingerprint density at radius 3 is 2.59 bits per heavy atom. The fourth-order valence-electron chi connectivity index (χ4n) is 4.27. The van der Waals surface area contributed by atoms with Crippen LogP contribution in [-0.4, -0.2) is 28.7 Å². The summed E-state index contributed by atoms with van der Waals surface area (Å²) in [6, 6.07) is 6.67. The van der Waals surface area contributed by atoms with Gasteiger partial charge in [0.15, 0.2) is 9.84 Å². The van der Waals surface area contributed by atoms with Gasteiger partial charge in [-0.25, -0.2) is 13.4 Å². The van der Waals surface area contributed by atoms with Crippen molar-refractivity contribution in [1.29, 1.82) is 0 Å². The zero-order chi connectivity index (χ0) is 23.0. The zero-order valence-electron chi connectivity index (χ0n) is 18.4. The number of rotatable bonds is 6. The lowest BCUT2D eigenvalue weighted by Crippen LogP contribution is -2.25. The van der Waals surface area contributed by atoms with Crippen LogP contribution in [0.2, 0.25) is 5.02 Å². The highest BCUT2D eigenvalue weighted by atomic mass is 35.5. The van der Waals surface area contributed by atoms with E-state index in [0.717, 1.165) is 31.2 Å². The molecule has 170 valence electrons. The number of hydrogen-bond donors (Lipinski definition) is 1. The van der Waals surface area contributed by atoms with E-state index in [1.165, 1.54) is 0 Å². The number of hydrogen-bond acceptors (Lipinski definition) is 6. The van der Waals surface area contributed by atoms with Gasteiger partial charge in [-0.3, -0.25) is 9.36 Å². The molecule has 0 amide bonds. The van der Waals surface area contributed by atoms with Gasteiger partial charge in [-0.15, -0.1) is 0 Å². The van der Waals surface area contributed by atoms with Crippen molar-refractivity contribution in [3.63, 3.8) is 0 Å². The topological polar surface area (TPSA) is 94.0 Å². The number of pyridine rings is 1.